The number of carbonyl (C=O) groups excluding carboxylic acids is 1. The number of unbranched alkanes of at least 4 members (excludes halogenated alkanes) is 1. The maximum Gasteiger partial charge on any atom is 0.416 e. The molecule has 0 atom stereocenters. The number of carbonyl (C=O) groups is 1. The van der Waals surface area contributed by atoms with E-state index in [4.69, 9.17) is 4.74 Å². The number of hydrogen-bond donors (Lipinski definition) is 0. The van der Waals surface area contributed by atoms with E-state index in [1.54, 1.807) is 0 Å². The van der Waals surface area contributed by atoms with Crippen LogP contribution < -0.4 is 4.74 Å². The molecule has 0 saturated heterocycles. The SMILES string of the molecule is CCCCOc1cc(C(F)(F)F)ccc1/C=C/C(=O)OC. The van der Waals surface area contributed by atoms with Crippen molar-refractivity contribution in [3.63, 3.8) is 0 Å². The molecule has 0 amide bonds. The van der Waals surface area contributed by atoms with E-state index in [1.807, 2.05) is 6.92 Å². The molecule has 0 N–H and O–H groups in total. The lowest BCUT2D eigenvalue weighted by Gasteiger charge is -2.13. The molecular weight excluding hydrogens is 285 g/mol. The summed E-state index contributed by atoms with van der Waals surface area (Å²) in [6, 6.07) is 3.15. The molecule has 0 saturated carbocycles. The van der Waals surface area contributed by atoms with Gasteiger partial charge in [-0.3, -0.25) is 0 Å². The zero-order valence-electron chi connectivity index (χ0n) is 11.9. The molecule has 0 unspecified atom stereocenters. The Hall–Kier alpha value is -1.98. The highest BCUT2D eigenvalue weighted by Crippen LogP contribution is 2.33. The van der Waals surface area contributed by atoms with E-state index in [0.29, 0.717) is 12.2 Å². The number of hydrogen-bond acceptors (Lipinski definition) is 3. The molecule has 0 aliphatic carbocycles. The van der Waals surface area contributed by atoms with Gasteiger partial charge in [-0.15, -0.1) is 0 Å². The Bertz CT molecular complexity index is 507. The van der Waals surface area contributed by atoms with Crippen LogP contribution in [0.15, 0.2) is 24.3 Å². The van der Waals surface area contributed by atoms with E-state index >= 15 is 0 Å². The summed E-state index contributed by atoms with van der Waals surface area (Å²) in [4.78, 5) is 11.1. The molecule has 6 heteroatoms. The number of ether oxygens (including phenoxy) is 2. The van der Waals surface area contributed by atoms with Gasteiger partial charge >= 0.3 is 12.1 Å². The molecule has 0 heterocycles. The van der Waals surface area contributed by atoms with Crippen LogP contribution in [0.2, 0.25) is 0 Å². The minimum atomic E-state index is -4.44. The van der Waals surface area contributed by atoms with Gasteiger partial charge in [-0.2, -0.15) is 13.2 Å². The molecule has 0 aliphatic rings. The standard InChI is InChI=1S/C15H17F3O3/c1-3-4-9-21-13-10-12(15(16,17)18)7-5-11(13)6-8-14(19)20-2/h5-8,10H,3-4,9H2,1-2H3/b8-6+. The van der Waals surface area contributed by atoms with E-state index < -0.39 is 17.7 Å². The van der Waals surface area contributed by atoms with Crippen molar-refractivity contribution in [2.45, 2.75) is 25.9 Å². The van der Waals surface area contributed by atoms with E-state index in [1.165, 1.54) is 19.3 Å². The molecule has 0 bridgehead atoms. The van der Waals surface area contributed by atoms with E-state index in [2.05, 4.69) is 4.74 Å². The smallest absolute Gasteiger partial charge is 0.416 e. The summed E-state index contributed by atoms with van der Waals surface area (Å²) in [5, 5.41) is 0. The zero-order valence-corrected chi connectivity index (χ0v) is 11.9. The zero-order chi connectivity index (χ0) is 15.9. The number of rotatable bonds is 6. The lowest BCUT2D eigenvalue weighted by Crippen LogP contribution is -2.06. The molecule has 116 valence electrons. The predicted octanol–water partition coefficient (Wildman–Crippen LogP) is 4.07. The van der Waals surface area contributed by atoms with Crippen LogP contribution in [-0.2, 0) is 15.7 Å². The first kappa shape index (κ1) is 17.1. The number of esters is 1. The lowest BCUT2D eigenvalue weighted by molar-refractivity contribution is -0.138. The first-order chi connectivity index (χ1) is 9.88. The van der Waals surface area contributed by atoms with Crippen LogP contribution in [-0.4, -0.2) is 19.7 Å². The van der Waals surface area contributed by atoms with Crippen molar-refractivity contribution in [3.8, 4) is 5.75 Å². The molecular formula is C15H17F3O3. The quantitative estimate of drug-likeness (QED) is 0.451. The minimum Gasteiger partial charge on any atom is -0.493 e. The van der Waals surface area contributed by atoms with Crippen LogP contribution in [0.3, 0.4) is 0 Å². The van der Waals surface area contributed by atoms with Gasteiger partial charge in [0, 0.05) is 11.6 Å². The monoisotopic (exact) mass is 302 g/mol. The average Bonchev–Trinajstić information content (AvgIpc) is 2.44. The van der Waals surface area contributed by atoms with Crippen molar-refractivity contribution in [1.29, 1.82) is 0 Å². The summed E-state index contributed by atoms with van der Waals surface area (Å²) in [5.74, 6) is -0.493. The Morgan fingerprint density at radius 1 is 1.33 bits per heavy atom. The fraction of sp³-hybridized carbons (Fsp3) is 0.400. The molecule has 0 aromatic heterocycles. The third-order valence-corrected chi connectivity index (χ3v) is 2.70. The second-order valence-electron chi connectivity index (χ2n) is 4.31. The van der Waals surface area contributed by atoms with Crippen LogP contribution in [0.25, 0.3) is 6.08 Å². The normalized spacial score (nSPS) is 11.7. The lowest BCUT2D eigenvalue weighted by atomic mass is 10.1. The van der Waals surface area contributed by atoms with Gasteiger partial charge in [0.2, 0.25) is 0 Å². The Labute approximate surface area is 121 Å². The maximum absolute atomic E-state index is 12.7. The van der Waals surface area contributed by atoms with Gasteiger partial charge in [-0.05, 0) is 24.6 Å². The summed E-state index contributed by atoms with van der Waals surface area (Å²) in [6.07, 6.45) is -0.335. The second kappa shape index (κ2) is 7.71. The molecule has 0 radical (unpaired) electrons. The second-order valence-corrected chi connectivity index (χ2v) is 4.31. The highest BCUT2D eigenvalue weighted by atomic mass is 19.4. The van der Waals surface area contributed by atoms with Crippen LogP contribution in [0, 0.1) is 0 Å². The van der Waals surface area contributed by atoms with Crippen LogP contribution in [0.4, 0.5) is 13.2 Å². The highest BCUT2D eigenvalue weighted by molar-refractivity contribution is 5.87. The molecule has 3 nitrogen and oxygen atoms in total. The number of methoxy groups -OCH3 is 1. The van der Waals surface area contributed by atoms with Gasteiger partial charge in [-0.1, -0.05) is 19.4 Å². The third kappa shape index (κ3) is 5.49. The van der Waals surface area contributed by atoms with Gasteiger partial charge < -0.3 is 9.47 Å². The fourth-order valence-electron chi connectivity index (χ4n) is 1.53. The first-order valence-corrected chi connectivity index (χ1v) is 6.48. The van der Waals surface area contributed by atoms with E-state index in [0.717, 1.165) is 31.1 Å². The Balaban J connectivity index is 3.04. The summed E-state index contributed by atoms with van der Waals surface area (Å²) in [6.45, 7) is 2.27. The maximum atomic E-state index is 12.7. The van der Waals surface area contributed by atoms with Crippen LogP contribution in [0.1, 0.15) is 30.9 Å². The Morgan fingerprint density at radius 2 is 2.05 bits per heavy atom. The van der Waals surface area contributed by atoms with Crippen molar-refractivity contribution < 1.29 is 27.4 Å². The van der Waals surface area contributed by atoms with Crippen molar-refractivity contribution in [2.75, 3.05) is 13.7 Å². The molecule has 0 aliphatic heterocycles. The average molecular weight is 302 g/mol. The fourth-order valence-corrected chi connectivity index (χ4v) is 1.53. The largest absolute Gasteiger partial charge is 0.493 e. The van der Waals surface area contributed by atoms with Gasteiger partial charge in [0.15, 0.2) is 0 Å². The summed E-state index contributed by atoms with van der Waals surface area (Å²) < 4.78 is 47.9. The molecule has 1 rings (SSSR count). The predicted molar refractivity (Wildman–Crippen MR) is 72.9 cm³/mol. The third-order valence-electron chi connectivity index (χ3n) is 2.70. The van der Waals surface area contributed by atoms with Gasteiger partial charge in [0.1, 0.15) is 5.75 Å². The molecule has 0 spiro atoms. The number of benzene rings is 1. The van der Waals surface area contributed by atoms with E-state index in [9.17, 15) is 18.0 Å². The highest BCUT2D eigenvalue weighted by Gasteiger charge is 2.31. The van der Waals surface area contributed by atoms with Crippen molar-refractivity contribution in [3.05, 3.63) is 35.4 Å². The number of halogens is 3. The summed E-state index contributed by atoms with van der Waals surface area (Å²) in [7, 11) is 1.22. The Kier molecular flexibility index (Phi) is 6.27. The van der Waals surface area contributed by atoms with Gasteiger partial charge in [-0.25, -0.2) is 4.79 Å². The number of alkyl halides is 3. The molecule has 0 fully saturated rings. The summed E-state index contributed by atoms with van der Waals surface area (Å²) >= 11 is 0. The minimum absolute atomic E-state index is 0.0958. The topological polar surface area (TPSA) is 35.5 Å². The Morgan fingerprint density at radius 3 is 2.62 bits per heavy atom. The van der Waals surface area contributed by atoms with Crippen molar-refractivity contribution in [2.24, 2.45) is 0 Å². The summed E-state index contributed by atoms with van der Waals surface area (Å²) in [5.41, 5.74) is -0.395. The molecule has 1 aromatic carbocycles. The van der Waals surface area contributed by atoms with Gasteiger partial charge in [0.25, 0.3) is 0 Å². The van der Waals surface area contributed by atoms with Crippen molar-refractivity contribution >= 4 is 12.0 Å². The molecule has 21 heavy (non-hydrogen) atoms. The first-order valence-electron chi connectivity index (χ1n) is 6.48. The van der Waals surface area contributed by atoms with Crippen LogP contribution >= 0.6 is 0 Å². The molecule has 1 aromatic rings. The van der Waals surface area contributed by atoms with Crippen molar-refractivity contribution in [1.82, 2.24) is 0 Å². The van der Waals surface area contributed by atoms with E-state index in [-0.39, 0.29) is 5.75 Å². The van der Waals surface area contributed by atoms with Crippen LogP contribution in [0.5, 0.6) is 5.75 Å². The van der Waals surface area contributed by atoms with Gasteiger partial charge in [0.05, 0.1) is 19.3 Å².